The van der Waals surface area contributed by atoms with Crippen molar-refractivity contribution in [3.63, 3.8) is 0 Å². The van der Waals surface area contributed by atoms with Crippen molar-refractivity contribution >= 4 is 34.8 Å². The van der Waals surface area contributed by atoms with Gasteiger partial charge in [-0.05, 0) is 58.8 Å². The highest BCUT2D eigenvalue weighted by molar-refractivity contribution is 14.1. The maximum Gasteiger partial charge on any atom is 0.419 e. The van der Waals surface area contributed by atoms with Crippen LogP contribution >= 0.6 is 22.6 Å². The molecule has 0 aliphatic carbocycles. The second-order valence-electron chi connectivity index (χ2n) is 10.8. The van der Waals surface area contributed by atoms with Gasteiger partial charge in [-0.2, -0.15) is 0 Å². The summed E-state index contributed by atoms with van der Waals surface area (Å²) in [6.45, 7) is 11.1. The Hall–Kier alpha value is -0.530. The number of unbranched alkanes of at least 4 members (excludes halogenated alkanes) is 13. The fraction of sp³-hybridized carbons (Fsp3) is 0.923. The molecule has 0 aromatic heterocycles. The summed E-state index contributed by atoms with van der Waals surface area (Å²) < 4.78 is 12.1. The average Bonchev–Trinajstić information content (AvgIpc) is 2.64. The van der Waals surface area contributed by atoms with Crippen LogP contribution < -0.4 is 0 Å². The standard InChI is InChI=1S/C26H50INO4/c1-25(2,3)31-23(29)28(24(30)32-26(4,5)6)22-20-18-16-14-12-10-8-7-9-11-13-15-17-19-21-27/h7-22H2,1-6H3. The number of ether oxygens (including phenoxy) is 2. The predicted octanol–water partition coefficient (Wildman–Crippen LogP) is 9.06. The average molecular weight is 568 g/mol. The molecule has 190 valence electrons. The van der Waals surface area contributed by atoms with Gasteiger partial charge in [-0.25, -0.2) is 14.5 Å². The first-order valence-corrected chi connectivity index (χ1v) is 14.3. The number of hydrogen-bond acceptors (Lipinski definition) is 4. The van der Waals surface area contributed by atoms with E-state index in [0.29, 0.717) is 6.54 Å². The number of nitrogens with zero attached hydrogens (tertiary/aromatic N) is 1. The summed E-state index contributed by atoms with van der Waals surface area (Å²) >= 11 is 2.46. The minimum Gasteiger partial charge on any atom is -0.443 e. The fourth-order valence-electron chi connectivity index (χ4n) is 3.38. The highest BCUT2D eigenvalue weighted by Crippen LogP contribution is 2.17. The van der Waals surface area contributed by atoms with Gasteiger partial charge in [0.25, 0.3) is 0 Å². The molecule has 2 amide bonds. The van der Waals surface area contributed by atoms with Crippen molar-refractivity contribution in [3.05, 3.63) is 0 Å². The topological polar surface area (TPSA) is 55.8 Å². The molecule has 5 nitrogen and oxygen atoms in total. The van der Waals surface area contributed by atoms with E-state index in [2.05, 4.69) is 22.6 Å². The number of amides is 2. The third-order valence-electron chi connectivity index (χ3n) is 4.99. The van der Waals surface area contributed by atoms with Crippen molar-refractivity contribution in [1.29, 1.82) is 0 Å². The van der Waals surface area contributed by atoms with Crippen LogP contribution in [0.15, 0.2) is 0 Å². The van der Waals surface area contributed by atoms with Crippen LogP contribution in [0, 0.1) is 0 Å². The lowest BCUT2D eigenvalue weighted by molar-refractivity contribution is 0.00118. The Bertz CT molecular complexity index is 469. The maximum atomic E-state index is 12.5. The Morgan fingerprint density at radius 3 is 1.12 bits per heavy atom. The second kappa shape index (κ2) is 17.9. The largest absolute Gasteiger partial charge is 0.443 e. The molecule has 0 N–H and O–H groups in total. The molecule has 0 bridgehead atoms. The van der Waals surface area contributed by atoms with Gasteiger partial charge in [-0.1, -0.05) is 99.6 Å². The third kappa shape index (κ3) is 20.1. The Kier molecular flexibility index (Phi) is 17.6. The Morgan fingerprint density at radius 2 is 0.844 bits per heavy atom. The molecule has 0 saturated carbocycles. The van der Waals surface area contributed by atoms with Crippen LogP contribution in [-0.4, -0.2) is 39.3 Å². The molecule has 0 aliphatic rings. The van der Waals surface area contributed by atoms with Crippen molar-refractivity contribution in [3.8, 4) is 0 Å². The molecule has 0 aromatic rings. The first kappa shape index (κ1) is 31.5. The van der Waals surface area contributed by atoms with Crippen molar-refractivity contribution < 1.29 is 19.1 Å². The fourth-order valence-corrected chi connectivity index (χ4v) is 3.92. The van der Waals surface area contributed by atoms with Crippen LogP contribution in [0.2, 0.25) is 0 Å². The van der Waals surface area contributed by atoms with Gasteiger partial charge in [0.05, 0.1) is 0 Å². The highest BCUT2D eigenvalue weighted by Gasteiger charge is 2.30. The Balaban J connectivity index is 3.96. The van der Waals surface area contributed by atoms with E-state index >= 15 is 0 Å². The minimum absolute atomic E-state index is 0.335. The molecular weight excluding hydrogens is 517 g/mol. The second-order valence-corrected chi connectivity index (χ2v) is 11.8. The zero-order valence-corrected chi connectivity index (χ0v) is 23.9. The molecule has 0 heterocycles. The number of carbonyl (C=O) groups excluding carboxylic acids is 2. The van der Waals surface area contributed by atoms with E-state index < -0.39 is 23.4 Å². The summed E-state index contributed by atoms with van der Waals surface area (Å²) in [5.41, 5.74) is -1.29. The lowest BCUT2D eigenvalue weighted by atomic mass is 10.0. The van der Waals surface area contributed by atoms with Gasteiger partial charge in [0.1, 0.15) is 11.2 Å². The van der Waals surface area contributed by atoms with Crippen LogP contribution in [0.5, 0.6) is 0 Å². The van der Waals surface area contributed by atoms with E-state index in [9.17, 15) is 9.59 Å². The van der Waals surface area contributed by atoms with Crippen LogP contribution in [0.3, 0.4) is 0 Å². The first-order valence-electron chi connectivity index (χ1n) is 12.8. The first-order chi connectivity index (χ1) is 15.0. The number of hydrogen-bond donors (Lipinski definition) is 0. The van der Waals surface area contributed by atoms with Gasteiger partial charge >= 0.3 is 12.2 Å². The zero-order valence-electron chi connectivity index (χ0n) is 21.8. The van der Waals surface area contributed by atoms with E-state index in [1.165, 1.54) is 75.1 Å². The summed E-state index contributed by atoms with van der Waals surface area (Å²) in [4.78, 5) is 26.0. The van der Waals surface area contributed by atoms with E-state index in [1.807, 2.05) is 0 Å². The van der Waals surface area contributed by atoms with Gasteiger partial charge < -0.3 is 9.47 Å². The molecule has 0 saturated heterocycles. The Labute approximate surface area is 211 Å². The molecule has 0 unspecified atom stereocenters. The van der Waals surface area contributed by atoms with E-state index in [-0.39, 0.29) is 0 Å². The number of halogens is 1. The molecule has 0 fully saturated rings. The molecule has 6 heteroatoms. The molecule has 0 atom stereocenters. The summed E-state index contributed by atoms with van der Waals surface area (Å²) in [5, 5.41) is 0. The smallest absolute Gasteiger partial charge is 0.419 e. The number of carbonyl (C=O) groups is 2. The van der Waals surface area contributed by atoms with Crippen LogP contribution in [-0.2, 0) is 9.47 Å². The van der Waals surface area contributed by atoms with Gasteiger partial charge in [0.15, 0.2) is 0 Å². The van der Waals surface area contributed by atoms with Crippen molar-refractivity contribution in [2.45, 2.75) is 143 Å². The summed E-state index contributed by atoms with van der Waals surface area (Å²) in [6.07, 6.45) is 16.5. The molecule has 32 heavy (non-hydrogen) atoms. The number of alkyl halides is 1. The number of rotatable bonds is 16. The van der Waals surface area contributed by atoms with Gasteiger partial charge in [0.2, 0.25) is 0 Å². The molecule has 0 spiro atoms. The van der Waals surface area contributed by atoms with Crippen molar-refractivity contribution in [2.24, 2.45) is 0 Å². The molecule has 0 aliphatic heterocycles. The van der Waals surface area contributed by atoms with Crippen LogP contribution in [0.25, 0.3) is 0 Å². The predicted molar refractivity (Wildman–Crippen MR) is 143 cm³/mol. The SMILES string of the molecule is CC(C)(C)OC(=O)N(CCCCCCCCCCCCCCCCI)C(=O)OC(C)(C)C. The normalized spacial score (nSPS) is 12.0. The van der Waals surface area contributed by atoms with E-state index in [1.54, 1.807) is 41.5 Å². The van der Waals surface area contributed by atoms with Gasteiger partial charge in [-0.15, -0.1) is 0 Å². The highest BCUT2D eigenvalue weighted by atomic mass is 127. The Morgan fingerprint density at radius 1 is 0.562 bits per heavy atom. The van der Waals surface area contributed by atoms with E-state index in [0.717, 1.165) is 24.2 Å². The number of imide groups is 1. The minimum atomic E-state index is -0.647. The third-order valence-corrected chi connectivity index (χ3v) is 5.76. The van der Waals surface area contributed by atoms with Crippen LogP contribution in [0.1, 0.15) is 131 Å². The summed E-state index contributed by atoms with van der Waals surface area (Å²) in [7, 11) is 0. The quantitative estimate of drug-likeness (QED) is 0.106. The van der Waals surface area contributed by atoms with Gasteiger partial charge in [-0.3, -0.25) is 0 Å². The molecular formula is C26H50INO4. The summed E-state index contributed by atoms with van der Waals surface area (Å²) in [6, 6.07) is 0. The van der Waals surface area contributed by atoms with Crippen molar-refractivity contribution in [1.82, 2.24) is 4.90 Å². The molecule has 0 rings (SSSR count). The van der Waals surface area contributed by atoms with E-state index in [4.69, 9.17) is 9.47 Å². The van der Waals surface area contributed by atoms with Crippen molar-refractivity contribution in [2.75, 3.05) is 11.0 Å². The maximum absolute atomic E-state index is 12.5. The molecule has 0 radical (unpaired) electrons. The van der Waals surface area contributed by atoms with Crippen LogP contribution in [0.4, 0.5) is 9.59 Å². The lowest BCUT2D eigenvalue weighted by Crippen LogP contribution is -2.44. The molecule has 0 aromatic carbocycles. The summed E-state index contributed by atoms with van der Waals surface area (Å²) in [5.74, 6) is 0. The van der Waals surface area contributed by atoms with Gasteiger partial charge in [0, 0.05) is 6.54 Å². The lowest BCUT2D eigenvalue weighted by Gasteiger charge is -2.28. The monoisotopic (exact) mass is 567 g/mol. The zero-order chi connectivity index (χ0) is 24.5.